The Bertz CT molecular complexity index is 848. The van der Waals surface area contributed by atoms with E-state index in [9.17, 15) is 27.6 Å². The van der Waals surface area contributed by atoms with Gasteiger partial charge in [-0.05, 0) is 39.2 Å². The fourth-order valence-electron chi connectivity index (χ4n) is 3.25. The molecule has 1 saturated heterocycles. The minimum Gasteiger partial charge on any atom is -0.444 e. The fraction of sp³-hybridized carbons (Fsp3) is 0.591. The average molecular weight is 505 g/mol. The molecule has 3 N–H and O–H groups in total. The standard InChI is InChI=1S/C22H31F3N4O6/c1-21(2,3)35-20(32)26-11-12-33-28-18(30)17-10-9-16(13-29(17)19(31)22(23,24)25)27-34-14-15-7-5-4-6-8-15/h4-8,16-17,27H,9-14H2,1-3H3,(H,26,32)(H,28,30). The fourth-order valence-corrected chi connectivity index (χ4v) is 3.25. The van der Waals surface area contributed by atoms with Crippen LogP contribution in [0, 0.1) is 0 Å². The Morgan fingerprint density at radius 2 is 1.74 bits per heavy atom. The molecule has 0 aromatic heterocycles. The van der Waals surface area contributed by atoms with E-state index in [2.05, 4.69) is 10.8 Å². The van der Waals surface area contributed by atoms with Crippen molar-refractivity contribution in [2.45, 2.75) is 64.1 Å². The highest BCUT2D eigenvalue weighted by molar-refractivity contribution is 5.89. The molecular weight excluding hydrogens is 473 g/mol. The normalized spacial score (nSPS) is 18.6. The van der Waals surface area contributed by atoms with Crippen molar-refractivity contribution in [3.63, 3.8) is 0 Å². The van der Waals surface area contributed by atoms with E-state index in [0.717, 1.165) is 5.56 Å². The lowest BCUT2D eigenvalue weighted by molar-refractivity contribution is -0.192. The Morgan fingerprint density at radius 3 is 2.37 bits per heavy atom. The summed E-state index contributed by atoms with van der Waals surface area (Å²) in [6, 6.07) is 7.15. The van der Waals surface area contributed by atoms with Gasteiger partial charge in [-0.25, -0.2) is 10.3 Å². The van der Waals surface area contributed by atoms with Gasteiger partial charge in [0.15, 0.2) is 0 Å². The van der Waals surface area contributed by atoms with Crippen molar-refractivity contribution >= 4 is 17.9 Å². The van der Waals surface area contributed by atoms with E-state index in [4.69, 9.17) is 14.4 Å². The molecule has 1 fully saturated rings. The number of piperidine rings is 1. The molecule has 1 aliphatic heterocycles. The molecule has 0 saturated carbocycles. The molecule has 35 heavy (non-hydrogen) atoms. The first-order chi connectivity index (χ1) is 16.4. The van der Waals surface area contributed by atoms with Crippen LogP contribution in [0.5, 0.6) is 0 Å². The van der Waals surface area contributed by atoms with Crippen molar-refractivity contribution in [2.75, 3.05) is 19.7 Å². The van der Waals surface area contributed by atoms with E-state index in [-0.39, 0.29) is 39.1 Å². The summed E-state index contributed by atoms with van der Waals surface area (Å²) in [6.07, 6.45) is -5.59. The molecule has 196 valence electrons. The maximum absolute atomic E-state index is 13.2. The van der Waals surface area contributed by atoms with Crippen molar-refractivity contribution in [2.24, 2.45) is 0 Å². The van der Waals surface area contributed by atoms with Crippen LogP contribution in [0.1, 0.15) is 39.2 Å². The Labute approximate surface area is 201 Å². The van der Waals surface area contributed by atoms with E-state index in [1.54, 1.807) is 20.8 Å². The summed E-state index contributed by atoms with van der Waals surface area (Å²) in [7, 11) is 0. The second-order valence-corrected chi connectivity index (χ2v) is 8.88. The lowest BCUT2D eigenvalue weighted by atomic mass is 9.98. The van der Waals surface area contributed by atoms with Crippen LogP contribution in [0.3, 0.4) is 0 Å². The molecule has 2 atom stereocenters. The van der Waals surface area contributed by atoms with Crippen LogP contribution in [0.2, 0.25) is 0 Å². The first-order valence-electron chi connectivity index (χ1n) is 11.0. The summed E-state index contributed by atoms with van der Waals surface area (Å²) >= 11 is 0. The zero-order valence-corrected chi connectivity index (χ0v) is 19.8. The summed E-state index contributed by atoms with van der Waals surface area (Å²) < 4.78 is 44.5. The van der Waals surface area contributed by atoms with Crippen molar-refractivity contribution in [1.82, 2.24) is 21.2 Å². The Kier molecular flexibility index (Phi) is 10.3. The number of hydrogen-bond acceptors (Lipinski definition) is 7. The molecule has 0 spiro atoms. The Morgan fingerprint density at radius 1 is 1.06 bits per heavy atom. The van der Waals surface area contributed by atoms with E-state index in [1.165, 1.54) is 0 Å². The van der Waals surface area contributed by atoms with Crippen LogP contribution in [0.4, 0.5) is 18.0 Å². The maximum Gasteiger partial charge on any atom is 0.471 e. The molecule has 0 radical (unpaired) electrons. The number of rotatable bonds is 9. The lowest BCUT2D eigenvalue weighted by Crippen LogP contribution is -2.60. The van der Waals surface area contributed by atoms with Crippen LogP contribution >= 0.6 is 0 Å². The predicted octanol–water partition coefficient (Wildman–Crippen LogP) is 2.20. The van der Waals surface area contributed by atoms with E-state index in [1.807, 2.05) is 35.8 Å². The van der Waals surface area contributed by atoms with Crippen LogP contribution in [-0.4, -0.2) is 66.4 Å². The van der Waals surface area contributed by atoms with Crippen molar-refractivity contribution in [3.8, 4) is 0 Å². The van der Waals surface area contributed by atoms with Gasteiger partial charge < -0.3 is 15.0 Å². The SMILES string of the molecule is CC(C)(C)OC(=O)NCCONC(=O)C1CCC(NOCc2ccccc2)CN1C(=O)C(F)(F)F. The zero-order valence-electron chi connectivity index (χ0n) is 19.8. The van der Waals surface area contributed by atoms with Crippen LogP contribution < -0.4 is 16.3 Å². The highest BCUT2D eigenvalue weighted by Gasteiger charge is 2.48. The number of benzene rings is 1. The first-order valence-corrected chi connectivity index (χ1v) is 11.0. The Hall–Kier alpha value is -2.90. The second-order valence-electron chi connectivity index (χ2n) is 8.88. The minimum atomic E-state index is -5.15. The molecule has 3 amide bonds. The van der Waals surface area contributed by atoms with Gasteiger partial charge in [-0.1, -0.05) is 30.3 Å². The van der Waals surface area contributed by atoms with E-state index >= 15 is 0 Å². The summed E-state index contributed by atoms with van der Waals surface area (Å²) in [6.45, 7) is 4.69. The third-order valence-corrected chi connectivity index (χ3v) is 4.76. The molecule has 0 bridgehead atoms. The molecule has 1 aromatic rings. The highest BCUT2D eigenvalue weighted by atomic mass is 19.4. The van der Waals surface area contributed by atoms with Gasteiger partial charge in [0.1, 0.15) is 11.6 Å². The number of ether oxygens (including phenoxy) is 1. The van der Waals surface area contributed by atoms with Gasteiger partial charge in [0.2, 0.25) is 0 Å². The number of hydrogen-bond donors (Lipinski definition) is 3. The van der Waals surface area contributed by atoms with Gasteiger partial charge in [-0.3, -0.25) is 19.3 Å². The number of hydroxylamine groups is 2. The highest BCUT2D eigenvalue weighted by Crippen LogP contribution is 2.25. The summed E-state index contributed by atoms with van der Waals surface area (Å²) in [4.78, 5) is 46.8. The number of carbonyl (C=O) groups is 3. The molecule has 0 aliphatic carbocycles. The number of amides is 3. The molecular formula is C22H31F3N4O6. The number of alkyl carbamates (subject to hydrolysis) is 1. The summed E-state index contributed by atoms with van der Waals surface area (Å²) in [5.41, 5.74) is 4.89. The number of carbonyl (C=O) groups excluding carboxylic acids is 3. The maximum atomic E-state index is 13.2. The molecule has 1 aliphatic rings. The molecule has 1 aromatic carbocycles. The molecule has 2 rings (SSSR count). The minimum absolute atomic E-state index is 0.0181. The van der Waals surface area contributed by atoms with Crippen LogP contribution in [-0.2, 0) is 30.6 Å². The number of halogens is 3. The monoisotopic (exact) mass is 504 g/mol. The predicted molar refractivity (Wildman–Crippen MR) is 117 cm³/mol. The zero-order chi connectivity index (χ0) is 26.1. The van der Waals surface area contributed by atoms with Gasteiger partial charge >= 0.3 is 18.2 Å². The first kappa shape index (κ1) is 28.3. The van der Waals surface area contributed by atoms with Crippen molar-refractivity contribution in [3.05, 3.63) is 35.9 Å². The molecule has 10 nitrogen and oxygen atoms in total. The van der Waals surface area contributed by atoms with E-state index < -0.39 is 41.8 Å². The van der Waals surface area contributed by atoms with Crippen LogP contribution in [0.15, 0.2) is 30.3 Å². The average Bonchev–Trinajstić information content (AvgIpc) is 2.77. The molecule has 13 heteroatoms. The third-order valence-electron chi connectivity index (χ3n) is 4.76. The number of likely N-dealkylation sites (tertiary alicyclic amines) is 1. The Balaban J connectivity index is 1.84. The van der Waals surface area contributed by atoms with Gasteiger partial charge in [0.25, 0.3) is 5.91 Å². The quantitative estimate of drug-likeness (QED) is 0.349. The van der Waals surface area contributed by atoms with Gasteiger partial charge in [-0.15, -0.1) is 0 Å². The van der Waals surface area contributed by atoms with Crippen molar-refractivity contribution < 1.29 is 42.0 Å². The smallest absolute Gasteiger partial charge is 0.444 e. The van der Waals surface area contributed by atoms with Crippen molar-refractivity contribution in [1.29, 1.82) is 0 Å². The second kappa shape index (κ2) is 12.7. The summed E-state index contributed by atoms with van der Waals surface area (Å²) in [5.74, 6) is -3.03. The van der Waals surface area contributed by atoms with Gasteiger partial charge in [-0.2, -0.15) is 18.7 Å². The lowest BCUT2D eigenvalue weighted by Gasteiger charge is -2.38. The largest absolute Gasteiger partial charge is 0.471 e. The van der Waals surface area contributed by atoms with Gasteiger partial charge in [0, 0.05) is 19.1 Å². The molecule has 1 heterocycles. The number of alkyl halides is 3. The van der Waals surface area contributed by atoms with E-state index in [0.29, 0.717) is 4.90 Å². The number of nitrogens with one attached hydrogen (secondary N) is 3. The van der Waals surface area contributed by atoms with Crippen LogP contribution in [0.25, 0.3) is 0 Å². The summed E-state index contributed by atoms with van der Waals surface area (Å²) in [5, 5.41) is 2.40. The topological polar surface area (TPSA) is 118 Å². The number of nitrogens with zero attached hydrogens (tertiary/aromatic N) is 1. The van der Waals surface area contributed by atoms with Gasteiger partial charge in [0.05, 0.1) is 13.2 Å². The molecule has 2 unspecified atom stereocenters. The third kappa shape index (κ3) is 10.1.